The van der Waals surface area contributed by atoms with Crippen molar-refractivity contribution in [3.8, 4) is 0 Å². The van der Waals surface area contributed by atoms with Gasteiger partial charge >= 0.3 is 0 Å². The molecule has 0 spiro atoms. The second-order valence-electron chi connectivity index (χ2n) is 15.9. The molecular weight excluding hydrogens is 336 g/mol. The van der Waals surface area contributed by atoms with Gasteiger partial charge in [-0.2, -0.15) is 0 Å². The van der Waals surface area contributed by atoms with Crippen LogP contribution in [-0.2, 0) is 0 Å². The van der Waals surface area contributed by atoms with Gasteiger partial charge in [-0.3, -0.25) is 0 Å². The van der Waals surface area contributed by atoms with Crippen molar-refractivity contribution in [2.45, 2.75) is 142 Å². The number of hydrogen-bond donors (Lipinski definition) is 0. The first-order valence-electron chi connectivity index (χ1n) is 12.0. The van der Waals surface area contributed by atoms with Gasteiger partial charge in [-0.25, -0.2) is 0 Å². The molecule has 170 valence electrons. The van der Waals surface area contributed by atoms with Crippen LogP contribution in [0.15, 0.2) is 0 Å². The third-order valence-electron chi connectivity index (χ3n) is 5.80. The van der Waals surface area contributed by atoms with Crippen LogP contribution >= 0.6 is 0 Å². The summed E-state index contributed by atoms with van der Waals surface area (Å²) < 4.78 is 0. The van der Waals surface area contributed by atoms with Crippen molar-refractivity contribution in [3.05, 3.63) is 0 Å². The van der Waals surface area contributed by atoms with E-state index in [9.17, 15) is 0 Å². The molecule has 0 aromatic heterocycles. The zero-order chi connectivity index (χ0) is 22.8. The summed E-state index contributed by atoms with van der Waals surface area (Å²) in [5.41, 5.74) is 2.36. The second-order valence-corrected chi connectivity index (χ2v) is 15.9. The SMILES string of the molecule is CC(C)CC(C)(C)CC(C)(C)CC(C)(C)CC(C)(C)CC(C)(C)CC(C)(C)C. The van der Waals surface area contributed by atoms with Gasteiger partial charge in [0.1, 0.15) is 0 Å². The van der Waals surface area contributed by atoms with E-state index in [1.807, 2.05) is 0 Å². The first-order valence-corrected chi connectivity index (χ1v) is 12.0. The molecule has 0 aliphatic heterocycles. The molecule has 0 fully saturated rings. The minimum Gasteiger partial charge on any atom is -0.0628 e. The maximum Gasteiger partial charge on any atom is -0.0344 e. The molecule has 0 aliphatic rings. The van der Waals surface area contributed by atoms with Crippen molar-refractivity contribution in [2.75, 3.05) is 0 Å². The van der Waals surface area contributed by atoms with E-state index < -0.39 is 0 Å². The summed E-state index contributed by atoms with van der Waals surface area (Å²) in [4.78, 5) is 0. The molecular formula is C28H58. The van der Waals surface area contributed by atoms with Crippen LogP contribution in [0.4, 0.5) is 0 Å². The Morgan fingerprint density at radius 3 is 0.893 bits per heavy atom. The fourth-order valence-corrected chi connectivity index (χ4v) is 8.04. The van der Waals surface area contributed by atoms with Crippen LogP contribution in [0.25, 0.3) is 0 Å². The Labute approximate surface area is 181 Å². The topological polar surface area (TPSA) is 0 Å². The summed E-state index contributed by atoms with van der Waals surface area (Å²) in [5, 5.41) is 0. The van der Waals surface area contributed by atoms with Gasteiger partial charge in [-0.05, 0) is 76.9 Å². The third kappa shape index (κ3) is 13.3. The van der Waals surface area contributed by atoms with Crippen molar-refractivity contribution < 1.29 is 0 Å². The van der Waals surface area contributed by atoms with E-state index in [-0.39, 0.29) is 0 Å². The lowest BCUT2D eigenvalue weighted by Gasteiger charge is -2.45. The molecule has 0 radical (unpaired) electrons. The van der Waals surface area contributed by atoms with Gasteiger partial charge in [-0.15, -0.1) is 0 Å². The molecule has 0 bridgehead atoms. The van der Waals surface area contributed by atoms with Crippen molar-refractivity contribution in [3.63, 3.8) is 0 Å². The Balaban J connectivity index is 5.09. The standard InChI is InChI=1S/C28H58/c1-22(2)16-24(6,7)18-26(10,11)20-28(14,15)21-27(12,13)19-25(8,9)17-23(3,4)5/h22H,16-21H2,1-15H3. The van der Waals surface area contributed by atoms with E-state index in [0.29, 0.717) is 32.5 Å². The summed E-state index contributed by atoms with van der Waals surface area (Å²) in [6.45, 7) is 36.8. The Hall–Kier alpha value is 0. The van der Waals surface area contributed by atoms with Crippen LogP contribution in [0.3, 0.4) is 0 Å². The molecule has 0 rings (SSSR count). The lowest BCUT2D eigenvalue weighted by Crippen LogP contribution is -2.34. The molecule has 0 aromatic carbocycles. The smallest absolute Gasteiger partial charge is 0.0344 e. The Bertz CT molecular complexity index is 463. The van der Waals surface area contributed by atoms with Crippen molar-refractivity contribution in [1.29, 1.82) is 0 Å². The molecule has 0 unspecified atom stereocenters. The fraction of sp³-hybridized carbons (Fsp3) is 1.00. The molecule has 0 heterocycles. The average molecular weight is 395 g/mol. The lowest BCUT2D eigenvalue weighted by atomic mass is 9.60. The van der Waals surface area contributed by atoms with E-state index in [2.05, 4.69) is 104 Å². The second kappa shape index (κ2) is 9.01. The van der Waals surface area contributed by atoms with E-state index in [4.69, 9.17) is 0 Å². The van der Waals surface area contributed by atoms with Crippen LogP contribution in [0.2, 0.25) is 0 Å². The van der Waals surface area contributed by atoms with E-state index in [1.54, 1.807) is 0 Å². The number of hydrogen-bond acceptors (Lipinski definition) is 0. The predicted molar refractivity (Wildman–Crippen MR) is 131 cm³/mol. The van der Waals surface area contributed by atoms with Gasteiger partial charge in [-0.1, -0.05) is 104 Å². The predicted octanol–water partition coefficient (Wildman–Crippen LogP) is 10.2. The largest absolute Gasteiger partial charge is 0.0628 e. The van der Waals surface area contributed by atoms with E-state index in [1.165, 1.54) is 38.5 Å². The quantitative estimate of drug-likeness (QED) is 0.327. The molecule has 0 saturated heterocycles. The van der Waals surface area contributed by atoms with Crippen LogP contribution in [0.5, 0.6) is 0 Å². The minimum atomic E-state index is 0.374. The average Bonchev–Trinajstić information content (AvgIpc) is 2.12. The normalized spacial score (nSPS) is 15.4. The maximum absolute atomic E-state index is 2.52. The van der Waals surface area contributed by atoms with Crippen LogP contribution < -0.4 is 0 Å². The van der Waals surface area contributed by atoms with Gasteiger partial charge in [0.25, 0.3) is 0 Å². The Kier molecular flexibility index (Phi) is 9.01. The Morgan fingerprint density at radius 1 is 0.393 bits per heavy atom. The summed E-state index contributed by atoms with van der Waals surface area (Å²) in [6, 6.07) is 0. The van der Waals surface area contributed by atoms with Gasteiger partial charge in [0.2, 0.25) is 0 Å². The molecule has 0 saturated carbocycles. The molecule has 0 nitrogen and oxygen atoms in total. The summed E-state index contributed by atoms with van der Waals surface area (Å²) >= 11 is 0. The van der Waals surface area contributed by atoms with Gasteiger partial charge < -0.3 is 0 Å². The summed E-state index contributed by atoms with van der Waals surface area (Å²) in [5.74, 6) is 0.780. The maximum atomic E-state index is 2.52. The summed E-state index contributed by atoms with van der Waals surface area (Å²) in [7, 11) is 0. The minimum absolute atomic E-state index is 0.374. The van der Waals surface area contributed by atoms with E-state index >= 15 is 0 Å². The highest BCUT2D eigenvalue weighted by molar-refractivity contribution is 4.90. The fourth-order valence-electron chi connectivity index (χ4n) is 8.04. The molecule has 0 aliphatic carbocycles. The van der Waals surface area contributed by atoms with Crippen LogP contribution in [-0.4, -0.2) is 0 Å². The zero-order valence-electron chi connectivity index (χ0n) is 22.8. The number of rotatable bonds is 11. The van der Waals surface area contributed by atoms with Crippen molar-refractivity contribution in [2.24, 2.45) is 38.4 Å². The van der Waals surface area contributed by atoms with Crippen molar-refractivity contribution in [1.82, 2.24) is 0 Å². The highest BCUT2D eigenvalue weighted by atomic mass is 14.4. The molecule has 28 heavy (non-hydrogen) atoms. The first kappa shape index (κ1) is 28.0. The molecule has 0 heteroatoms. The van der Waals surface area contributed by atoms with Gasteiger partial charge in [0.05, 0.1) is 0 Å². The monoisotopic (exact) mass is 394 g/mol. The Morgan fingerprint density at radius 2 is 0.643 bits per heavy atom. The van der Waals surface area contributed by atoms with E-state index in [0.717, 1.165) is 5.92 Å². The molecule has 0 aromatic rings. The van der Waals surface area contributed by atoms with Gasteiger partial charge in [0.15, 0.2) is 0 Å². The van der Waals surface area contributed by atoms with Crippen molar-refractivity contribution >= 4 is 0 Å². The summed E-state index contributed by atoms with van der Waals surface area (Å²) in [6.07, 6.45) is 7.85. The first-order chi connectivity index (χ1) is 12.0. The van der Waals surface area contributed by atoms with Crippen LogP contribution in [0, 0.1) is 38.4 Å². The van der Waals surface area contributed by atoms with Crippen LogP contribution in [0.1, 0.15) is 142 Å². The highest BCUT2D eigenvalue weighted by Crippen LogP contribution is 2.51. The third-order valence-corrected chi connectivity index (χ3v) is 5.80. The molecule has 0 N–H and O–H groups in total. The highest BCUT2D eigenvalue weighted by Gasteiger charge is 2.39. The van der Waals surface area contributed by atoms with Gasteiger partial charge in [0, 0.05) is 0 Å². The molecule has 0 amide bonds. The molecule has 0 atom stereocenters. The lowest BCUT2D eigenvalue weighted by molar-refractivity contribution is 0.0564. The zero-order valence-corrected chi connectivity index (χ0v) is 22.8.